The summed E-state index contributed by atoms with van der Waals surface area (Å²) in [6.07, 6.45) is 2.18. The number of aromatic nitrogens is 2. The summed E-state index contributed by atoms with van der Waals surface area (Å²) in [7, 11) is -2.16. The fraction of sp³-hybridized carbons (Fsp3) is 0.250. The van der Waals surface area contributed by atoms with Crippen LogP contribution in [0.2, 0.25) is 10.0 Å². The number of aryl methyl sites for hydroxylation is 2. The third-order valence-corrected chi connectivity index (χ3v) is 5.12. The highest BCUT2D eigenvalue weighted by Gasteiger charge is 2.22. The average Bonchev–Trinajstić information content (AvgIpc) is 2.75. The lowest BCUT2D eigenvalue weighted by atomic mass is 10.3. The summed E-state index contributed by atoms with van der Waals surface area (Å²) in [5.74, 6) is 0. The third-order valence-electron chi connectivity index (χ3n) is 2.87. The van der Waals surface area contributed by atoms with E-state index in [1.165, 1.54) is 16.8 Å². The van der Waals surface area contributed by atoms with Crippen LogP contribution in [0.5, 0.6) is 0 Å². The van der Waals surface area contributed by atoms with E-state index in [4.69, 9.17) is 28.9 Å². The van der Waals surface area contributed by atoms with Crippen molar-refractivity contribution in [1.82, 2.24) is 9.78 Å². The molecule has 21 heavy (non-hydrogen) atoms. The second kappa shape index (κ2) is 5.75. The van der Waals surface area contributed by atoms with Crippen LogP contribution in [0.15, 0.2) is 23.2 Å². The van der Waals surface area contributed by atoms with Crippen molar-refractivity contribution in [3.63, 3.8) is 0 Å². The summed E-state index contributed by atoms with van der Waals surface area (Å²) < 4.78 is 28.9. The van der Waals surface area contributed by atoms with Gasteiger partial charge in [0.25, 0.3) is 10.0 Å². The fourth-order valence-corrected chi connectivity index (χ4v) is 3.68. The predicted molar refractivity (Wildman–Crippen MR) is 84.3 cm³/mol. The largest absolute Gasteiger partial charge is 0.396 e. The van der Waals surface area contributed by atoms with Crippen molar-refractivity contribution in [3.05, 3.63) is 34.1 Å². The summed E-state index contributed by atoms with van der Waals surface area (Å²) in [5, 5.41) is 4.28. The Morgan fingerprint density at radius 1 is 1.38 bits per heavy atom. The van der Waals surface area contributed by atoms with Crippen molar-refractivity contribution >= 4 is 44.6 Å². The van der Waals surface area contributed by atoms with E-state index in [1.807, 2.05) is 6.92 Å². The number of nitrogens with two attached hydrogens (primary N) is 1. The lowest BCUT2D eigenvalue weighted by Crippen LogP contribution is -2.14. The molecular weight excluding hydrogens is 335 g/mol. The molecule has 0 saturated carbocycles. The lowest BCUT2D eigenvalue weighted by Gasteiger charge is -2.11. The van der Waals surface area contributed by atoms with Crippen LogP contribution in [0.1, 0.15) is 12.6 Å². The van der Waals surface area contributed by atoms with E-state index >= 15 is 0 Å². The summed E-state index contributed by atoms with van der Waals surface area (Å²) in [4.78, 5) is -0.128. The zero-order valence-corrected chi connectivity index (χ0v) is 13.7. The molecule has 0 aliphatic carbocycles. The number of anilines is 2. The second-order valence-electron chi connectivity index (χ2n) is 4.40. The minimum absolute atomic E-state index is 0.0307. The molecule has 0 atom stereocenters. The molecular formula is C12H14Cl2N4O2S. The van der Waals surface area contributed by atoms with Crippen LogP contribution in [0, 0.1) is 0 Å². The normalized spacial score (nSPS) is 11.6. The standard InChI is InChI=1S/C12H14Cl2N4O2S/c1-3-8-9(6-18(2)16-8)17-21(19,20)10-5-4-7(13)12(15)11(10)14/h4-6,17H,3,15H2,1-2H3. The van der Waals surface area contributed by atoms with E-state index < -0.39 is 10.0 Å². The van der Waals surface area contributed by atoms with Gasteiger partial charge in [-0.25, -0.2) is 8.42 Å². The van der Waals surface area contributed by atoms with Gasteiger partial charge in [-0.1, -0.05) is 30.1 Å². The Morgan fingerprint density at radius 3 is 2.67 bits per heavy atom. The topological polar surface area (TPSA) is 90.0 Å². The van der Waals surface area contributed by atoms with Gasteiger partial charge >= 0.3 is 0 Å². The molecule has 0 spiro atoms. The summed E-state index contributed by atoms with van der Waals surface area (Å²) in [6, 6.07) is 2.70. The molecule has 0 saturated heterocycles. The van der Waals surface area contributed by atoms with Gasteiger partial charge in [0.05, 0.1) is 27.1 Å². The van der Waals surface area contributed by atoms with E-state index in [2.05, 4.69) is 9.82 Å². The van der Waals surface area contributed by atoms with Crippen molar-refractivity contribution < 1.29 is 8.42 Å². The quantitative estimate of drug-likeness (QED) is 0.831. The van der Waals surface area contributed by atoms with Crippen LogP contribution in [-0.4, -0.2) is 18.2 Å². The number of hydrogen-bond acceptors (Lipinski definition) is 4. The Labute approximate surface area is 132 Å². The van der Waals surface area contributed by atoms with Crippen molar-refractivity contribution in [2.24, 2.45) is 7.05 Å². The third kappa shape index (κ3) is 3.09. The molecule has 6 nitrogen and oxygen atoms in total. The van der Waals surface area contributed by atoms with Gasteiger partial charge in [0.15, 0.2) is 0 Å². The number of hydrogen-bond donors (Lipinski definition) is 2. The van der Waals surface area contributed by atoms with Crippen LogP contribution in [0.4, 0.5) is 11.4 Å². The van der Waals surface area contributed by atoms with Gasteiger partial charge in [0, 0.05) is 13.2 Å². The van der Waals surface area contributed by atoms with Gasteiger partial charge in [-0.15, -0.1) is 0 Å². The molecule has 0 aliphatic heterocycles. The Hall–Kier alpha value is -1.44. The number of benzene rings is 1. The van der Waals surface area contributed by atoms with E-state index in [-0.39, 0.29) is 20.6 Å². The van der Waals surface area contributed by atoms with Crippen molar-refractivity contribution in [2.75, 3.05) is 10.5 Å². The molecule has 2 aromatic rings. The Morgan fingerprint density at radius 2 is 2.05 bits per heavy atom. The first kappa shape index (κ1) is 15.9. The van der Waals surface area contributed by atoms with Gasteiger partial charge < -0.3 is 5.73 Å². The van der Waals surface area contributed by atoms with E-state index in [0.717, 1.165) is 0 Å². The molecule has 1 heterocycles. The summed E-state index contributed by atoms with van der Waals surface area (Å²) in [5.41, 5.74) is 6.74. The first-order valence-electron chi connectivity index (χ1n) is 6.05. The number of rotatable bonds is 4. The minimum Gasteiger partial charge on any atom is -0.396 e. The van der Waals surface area contributed by atoms with Gasteiger partial charge in [-0.05, 0) is 18.6 Å². The highest BCUT2D eigenvalue weighted by molar-refractivity contribution is 7.92. The van der Waals surface area contributed by atoms with E-state index in [1.54, 1.807) is 13.2 Å². The summed E-state index contributed by atoms with van der Waals surface area (Å²) in [6.45, 7) is 1.88. The van der Waals surface area contributed by atoms with Crippen molar-refractivity contribution in [2.45, 2.75) is 18.2 Å². The zero-order valence-electron chi connectivity index (χ0n) is 11.4. The lowest BCUT2D eigenvalue weighted by molar-refractivity contribution is 0.601. The molecule has 0 unspecified atom stereocenters. The number of nitrogens with one attached hydrogen (secondary N) is 1. The van der Waals surface area contributed by atoms with Gasteiger partial charge in [0.2, 0.25) is 0 Å². The maximum absolute atomic E-state index is 12.4. The van der Waals surface area contributed by atoms with Crippen LogP contribution >= 0.6 is 23.2 Å². The number of sulfonamides is 1. The van der Waals surface area contributed by atoms with Gasteiger partial charge in [-0.3, -0.25) is 9.40 Å². The molecule has 1 aromatic carbocycles. The molecule has 0 fully saturated rings. The number of nitrogens with zero attached hydrogens (tertiary/aromatic N) is 2. The smallest absolute Gasteiger partial charge is 0.263 e. The van der Waals surface area contributed by atoms with Crippen molar-refractivity contribution in [1.29, 1.82) is 0 Å². The molecule has 0 bridgehead atoms. The van der Waals surface area contributed by atoms with Crippen LogP contribution in [0.25, 0.3) is 0 Å². The second-order valence-corrected chi connectivity index (χ2v) is 6.83. The molecule has 9 heteroatoms. The maximum Gasteiger partial charge on any atom is 0.263 e. The highest BCUT2D eigenvalue weighted by Crippen LogP contribution is 2.34. The molecule has 3 N–H and O–H groups in total. The van der Waals surface area contributed by atoms with Gasteiger partial charge in [0.1, 0.15) is 4.90 Å². The first-order chi connectivity index (χ1) is 9.76. The maximum atomic E-state index is 12.4. The molecule has 1 aromatic heterocycles. The molecule has 0 radical (unpaired) electrons. The van der Waals surface area contributed by atoms with Crippen LogP contribution in [-0.2, 0) is 23.5 Å². The SMILES string of the molecule is CCc1nn(C)cc1NS(=O)(=O)c1ccc(Cl)c(N)c1Cl. The van der Waals surface area contributed by atoms with Crippen LogP contribution < -0.4 is 10.5 Å². The zero-order chi connectivity index (χ0) is 15.8. The monoisotopic (exact) mass is 348 g/mol. The van der Waals surface area contributed by atoms with Gasteiger partial charge in [-0.2, -0.15) is 5.10 Å². The predicted octanol–water partition coefficient (Wildman–Crippen LogP) is 2.67. The Bertz CT molecular complexity index is 787. The van der Waals surface area contributed by atoms with Crippen molar-refractivity contribution in [3.8, 4) is 0 Å². The Kier molecular flexibility index (Phi) is 4.36. The molecule has 0 amide bonds. The summed E-state index contributed by atoms with van der Waals surface area (Å²) >= 11 is 11.8. The van der Waals surface area contributed by atoms with Crippen LogP contribution in [0.3, 0.4) is 0 Å². The van der Waals surface area contributed by atoms with E-state index in [0.29, 0.717) is 17.8 Å². The number of halogens is 2. The fourth-order valence-electron chi connectivity index (χ4n) is 1.84. The van der Waals surface area contributed by atoms with E-state index in [9.17, 15) is 8.42 Å². The first-order valence-corrected chi connectivity index (χ1v) is 8.29. The highest BCUT2D eigenvalue weighted by atomic mass is 35.5. The molecule has 2 rings (SSSR count). The molecule has 114 valence electrons. The Balaban J connectivity index is 2.46. The average molecular weight is 349 g/mol. The molecule has 0 aliphatic rings. The number of nitrogen functional groups attached to an aromatic ring is 1. The minimum atomic E-state index is -3.88.